The normalized spacial score (nSPS) is 12.3. The zero-order chi connectivity index (χ0) is 16.2. The van der Waals surface area contributed by atoms with Crippen molar-refractivity contribution in [3.63, 3.8) is 0 Å². The van der Waals surface area contributed by atoms with Crippen molar-refractivity contribution in [2.45, 2.75) is 19.4 Å². The predicted molar refractivity (Wildman–Crippen MR) is 91.5 cm³/mol. The molecule has 1 amide bonds. The third kappa shape index (κ3) is 3.43. The number of para-hydroxylation sites is 1. The Balaban J connectivity index is 1.74. The molecule has 3 N–H and O–H groups in total. The Morgan fingerprint density at radius 2 is 1.96 bits per heavy atom. The molecule has 2 aromatic carbocycles. The van der Waals surface area contributed by atoms with Gasteiger partial charge in [0.15, 0.2) is 0 Å². The Morgan fingerprint density at radius 1 is 1.17 bits per heavy atom. The third-order valence-corrected chi connectivity index (χ3v) is 3.99. The Bertz CT molecular complexity index is 809. The summed E-state index contributed by atoms with van der Waals surface area (Å²) in [4.78, 5) is 15.6. The van der Waals surface area contributed by atoms with Crippen molar-refractivity contribution < 1.29 is 9.90 Å². The first-order valence-electron chi connectivity index (χ1n) is 7.71. The van der Waals surface area contributed by atoms with Crippen LogP contribution in [-0.4, -0.2) is 28.6 Å². The lowest BCUT2D eigenvalue weighted by Gasteiger charge is -2.15. The fourth-order valence-corrected chi connectivity index (χ4v) is 2.75. The van der Waals surface area contributed by atoms with E-state index in [1.54, 1.807) is 0 Å². The molecule has 0 aliphatic heterocycles. The molecule has 4 nitrogen and oxygen atoms in total. The number of amides is 1. The van der Waals surface area contributed by atoms with Crippen molar-refractivity contribution >= 4 is 16.8 Å². The van der Waals surface area contributed by atoms with Crippen molar-refractivity contribution in [3.8, 4) is 0 Å². The van der Waals surface area contributed by atoms with Crippen LogP contribution in [0, 0.1) is 6.92 Å². The van der Waals surface area contributed by atoms with Gasteiger partial charge in [-0.2, -0.15) is 0 Å². The number of fused-ring (bicyclic) bond motifs is 1. The first-order valence-corrected chi connectivity index (χ1v) is 7.71. The molecule has 1 atom stereocenters. The molecule has 3 aromatic rings. The van der Waals surface area contributed by atoms with Crippen LogP contribution in [0.3, 0.4) is 0 Å². The fraction of sp³-hybridized carbons (Fsp3) is 0.211. The van der Waals surface area contributed by atoms with Crippen LogP contribution in [0.4, 0.5) is 0 Å². The number of aromatic amines is 1. The summed E-state index contributed by atoms with van der Waals surface area (Å²) in [7, 11) is 0. The number of aromatic nitrogens is 1. The summed E-state index contributed by atoms with van der Waals surface area (Å²) in [6.07, 6.45) is 0.600. The molecule has 1 aromatic heterocycles. The lowest BCUT2D eigenvalue weighted by molar-refractivity contribution is 0.0912. The number of aliphatic hydroxyl groups is 1. The molecule has 3 rings (SSSR count). The number of aryl methyl sites for hydroxylation is 1. The molecule has 118 valence electrons. The lowest BCUT2D eigenvalue weighted by Crippen LogP contribution is -2.39. The molecule has 1 heterocycles. The summed E-state index contributed by atoms with van der Waals surface area (Å²) in [6, 6.07) is 17.3. The van der Waals surface area contributed by atoms with E-state index in [9.17, 15) is 9.90 Å². The van der Waals surface area contributed by atoms with Crippen LogP contribution in [0.2, 0.25) is 0 Å². The first kappa shape index (κ1) is 15.3. The molecule has 0 radical (unpaired) electrons. The fourth-order valence-electron chi connectivity index (χ4n) is 2.75. The minimum absolute atomic E-state index is 0.0973. The van der Waals surface area contributed by atoms with E-state index in [0.29, 0.717) is 12.1 Å². The third-order valence-electron chi connectivity index (χ3n) is 3.99. The number of nitrogens with one attached hydrogen (secondary N) is 2. The molecule has 4 heteroatoms. The summed E-state index contributed by atoms with van der Waals surface area (Å²) < 4.78 is 0. The second-order valence-corrected chi connectivity index (χ2v) is 5.76. The number of hydrogen-bond acceptors (Lipinski definition) is 2. The molecular formula is C19H20N2O2. The number of carbonyl (C=O) groups excluding carboxylic acids is 1. The maximum atomic E-state index is 12.4. The standard InChI is InChI=1S/C19H20N2O2/c1-13-6-5-9-15-11-17(21-18(13)15)19(23)20-16(12-22)10-14-7-3-2-4-8-14/h2-9,11,16,21-22H,10,12H2,1H3,(H,20,23)/t16-/m0/s1. The Hall–Kier alpha value is -2.59. The van der Waals surface area contributed by atoms with Gasteiger partial charge in [0.1, 0.15) is 5.69 Å². The largest absolute Gasteiger partial charge is 0.394 e. The van der Waals surface area contributed by atoms with Crippen LogP contribution in [0.5, 0.6) is 0 Å². The van der Waals surface area contributed by atoms with Crippen LogP contribution >= 0.6 is 0 Å². The smallest absolute Gasteiger partial charge is 0.268 e. The number of H-pyrrole nitrogens is 1. The highest BCUT2D eigenvalue weighted by atomic mass is 16.3. The van der Waals surface area contributed by atoms with Crippen LogP contribution in [0.1, 0.15) is 21.6 Å². The summed E-state index contributed by atoms with van der Waals surface area (Å²) >= 11 is 0. The van der Waals surface area contributed by atoms with E-state index in [-0.39, 0.29) is 18.6 Å². The van der Waals surface area contributed by atoms with Gasteiger partial charge in [-0.05, 0) is 30.5 Å². The molecule has 0 aliphatic carbocycles. The number of carbonyl (C=O) groups is 1. The van der Waals surface area contributed by atoms with E-state index in [2.05, 4.69) is 10.3 Å². The van der Waals surface area contributed by atoms with Crippen LogP contribution in [-0.2, 0) is 6.42 Å². The zero-order valence-electron chi connectivity index (χ0n) is 13.0. The molecule has 0 saturated heterocycles. The molecule has 0 spiro atoms. The van der Waals surface area contributed by atoms with Crippen molar-refractivity contribution in [2.75, 3.05) is 6.61 Å². The summed E-state index contributed by atoms with van der Waals surface area (Å²) in [6.45, 7) is 1.91. The van der Waals surface area contributed by atoms with Crippen molar-refractivity contribution in [1.82, 2.24) is 10.3 Å². The topological polar surface area (TPSA) is 65.1 Å². The van der Waals surface area contributed by atoms with Gasteiger partial charge in [-0.1, -0.05) is 48.5 Å². The molecule has 0 saturated carbocycles. The number of benzene rings is 2. The lowest BCUT2D eigenvalue weighted by atomic mass is 10.1. The van der Waals surface area contributed by atoms with Gasteiger partial charge in [0.25, 0.3) is 5.91 Å². The second-order valence-electron chi connectivity index (χ2n) is 5.76. The molecule has 0 bridgehead atoms. The van der Waals surface area contributed by atoms with Gasteiger partial charge < -0.3 is 15.4 Å². The van der Waals surface area contributed by atoms with Crippen LogP contribution < -0.4 is 5.32 Å². The zero-order valence-corrected chi connectivity index (χ0v) is 13.0. The monoisotopic (exact) mass is 308 g/mol. The van der Waals surface area contributed by atoms with E-state index in [1.165, 1.54) is 0 Å². The highest BCUT2D eigenvalue weighted by Gasteiger charge is 2.15. The minimum Gasteiger partial charge on any atom is -0.394 e. The molecule has 23 heavy (non-hydrogen) atoms. The SMILES string of the molecule is Cc1cccc2cc(C(=O)N[C@H](CO)Cc3ccccc3)[nH]c12. The molecule has 0 unspecified atom stereocenters. The van der Waals surface area contributed by atoms with E-state index < -0.39 is 0 Å². The predicted octanol–water partition coefficient (Wildman–Crippen LogP) is 2.81. The van der Waals surface area contributed by atoms with Gasteiger partial charge in [0.05, 0.1) is 12.6 Å². The molecule has 0 aliphatic rings. The minimum atomic E-state index is -0.308. The van der Waals surface area contributed by atoms with Gasteiger partial charge in [-0.25, -0.2) is 0 Å². The highest BCUT2D eigenvalue weighted by molar-refractivity contribution is 5.98. The average Bonchev–Trinajstić information content (AvgIpc) is 3.01. The maximum Gasteiger partial charge on any atom is 0.268 e. The first-order chi connectivity index (χ1) is 11.2. The Labute approximate surface area is 135 Å². The summed E-state index contributed by atoms with van der Waals surface area (Å²) in [5.74, 6) is -0.199. The van der Waals surface area contributed by atoms with E-state index in [0.717, 1.165) is 22.0 Å². The van der Waals surface area contributed by atoms with Gasteiger partial charge in [0.2, 0.25) is 0 Å². The Kier molecular flexibility index (Phi) is 4.44. The summed E-state index contributed by atoms with van der Waals surface area (Å²) in [5.41, 5.74) is 3.67. The molecular weight excluding hydrogens is 288 g/mol. The van der Waals surface area contributed by atoms with Crippen LogP contribution in [0.25, 0.3) is 10.9 Å². The van der Waals surface area contributed by atoms with Crippen molar-refractivity contribution in [2.24, 2.45) is 0 Å². The highest BCUT2D eigenvalue weighted by Crippen LogP contribution is 2.18. The van der Waals surface area contributed by atoms with Gasteiger partial charge in [0, 0.05) is 10.9 Å². The van der Waals surface area contributed by atoms with Crippen LogP contribution in [0.15, 0.2) is 54.6 Å². The number of rotatable bonds is 5. The maximum absolute atomic E-state index is 12.4. The van der Waals surface area contributed by atoms with Crippen molar-refractivity contribution in [3.05, 3.63) is 71.4 Å². The average molecular weight is 308 g/mol. The second kappa shape index (κ2) is 6.67. The van der Waals surface area contributed by atoms with E-state index in [4.69, 9.17) is 0 Å². The quantitative estimate of drug-likeness (QED) is 0.678. The van der Waals surface area contributed by atoms with E-state index >= 15 is 0 Å². The number of hydrogen-bond donors (Lipinski definition) is 3. The van der Waals surface area contributed by atoms with Crippen molar-refractivity contribution in [1.29, 1.82) is 0 Å². The number of aliphatic hydroxyl groups excluding tert-OH is 1. The van der Waals surface area contributed by atoms with Gasteiger partial charge in [-0.3, -0.25) is 4.79 Å². The van der Waals surface area contributed by atoms with E-state index in [1.807, 2.05) is 61.5 Å². The van der Waals surface area contributed by atoms with Gasteiger partial charge >= 0.3 is 0 Å². The molecule has 0 fully saturated rings. The van der Waals surface area contributed by atoms with Gasteiger partial charge in [-0.15, -0.1) is 0 Å². The Morgan fingerprint density at radius 3 is 2.65 bits per heavy atom. The summed E-state index contributed by atoms with van der Waals surface area (Å²) in [5, 5.41) is 13.4.